The van der Waals surface area contributed by atoms with E-state index in [-0.39, 0.29) is 17.6 Å². The molecule has 27 heavy (non-hydrogen) atoms. The van der Waals surface area contributed by atoms with Gasteiger partial charge in [-0.15, -0.1) is 0 Å². The molecule has 0 aliphatic rings. The first-order valence-electron chi connectivity index (χ1n) is 8.85. The highest BCUT2D eigenvalue weighted by Gasteiger charge is 2.27. The van der Waals surface area contributed by atoms with Gasteiger partial charge in [0.1, 0.15) is 12.1 Å². The Morgan fingerprint density at radius 2 is 1.63 bits per heavy atom. The third kappa shape index (κ3) is 5.99. The van der Waals surface area contributed by atoms with E-state index in [4.69, 9.17) is 4.42 Å². The molecule has 7 heteroatoms. The molecule has 0 radical (unpaired) electrons. The van der Waals surface area contributed by atoms with Crippen molar-refractivity contribution in [1.82, 2.24) is 16.0 Å². The zero-order chi connectivity index (χ0) is 19.8. The van der Waals surface area contributed by atoms with Crippen LogP contribution >= 0.6 is 0 Å². The fraction of sp³-hybridized carbons (Fsp3) is 0.350. The van der Waals surface area contributed by atoms with E-state index in [9.17, 15) is 14.4 Å². The molecule has 2 rings (SSSR count). The summed E-state index contributed by atoms with van der Waals surface area (Å²) in [6, 6.07) is 11.1. The summed E-state index contributed by atoms with van der Waals surface area (Å²) in [6.07, 6.45) is 1.39. The second kappa shape index (κ2) is 9.56. The van der Waals surface area contributed by atoms with Gasteiger partial charge in [0.05, 0.1) is 6.26 Å². The minimum absolute atomic E-state index is 0.127. The minimum atomic E-state index is -0.785. The Kier molecular flexibility index (Phi) is 7.16. The van der Waals surface area contributed by atoms with E-state index >= 15 is 0 Å². The zero-order valence-electron chi connectivity index (χ0n) is 15.7. The van der Waals surface area contributed by atoms with Crippen LogP contribution in [0.4, 0.5) is 0 Å². The van der Waals surface area contributed by atoms with E-state index in [0.717, 1.165) is 5.56 Å². The molecule has 3 amide bonds. The topological polar surface area (TPSA) is 100 Å². The molecule has 2 aromatic rings. The van der Waals surface area contributed by atoms with Gasteiger partial charge in [-0.2, -0.15) is 0 Å². The highest BCUT2D eigenvalue weighted by atomic mass is 16.3. The highest BCUT2D eigenvalue weighted by Crippen LogP contribution is 2.06. The first kappa shape index (κ1) is 20.2. The Labute approximate surface area is 158 Å². The van der Waals surface area contributed by atoms with Gasteiger partial charge in [0, 0.05) is 6.54 Å². The average Bonchev–Trinajstić information content (AvgIpc) is 3.19. The fourth-order valence-corrected chi connectivity index (χ4v) is 2.46. The second-order valence-electron chi connectivity index (χ2n) is 6.61. The SMILES string of the molecule is CC(C)[C@@H](NC(=O)c1ccco1)C(=O)N[C@@H](C)C(=O)NCc1ccccc1. The summed E-state index contributed by atoms with van der Waals surface area (Å²) in [6.45, 7) is 5.60. The van der Waals surface area contributed by atoms with Crippen LogP contribution in [0.1, 0.15) is 36.9 Å². The Morgan fingerprint density at radius 1 is 0.926 bits per heavy atom. The van der Waals surface area contributed by atoms with Crippen LogP contribution in [0.25, 0.3) is 0 Å². The lowest BCUT2D eigenvalue weighted by atomic mass is 10.0. The summed E-state index contributed by atoms with van der Waals surface area (Å²) >= 11 is 0. The molecule has 0 saturated carbocycles. The van der Waals surface area contributed by atoms with Crippen molar-refractivity contribution in [3.63, 3.8) is 0 Å². The smallest absolute Gasteiger partial charge is 0.287 e. The Morgan fingerprint density at radius 3 is 2.22 bits per heavy atom. The van der Waals surface area contributed by atoms with Crippen molar-refractivity contribution >= 4 is 17.7 Å². The van der Waals surface area contributed by atoms with Crippen molar-refractivity contribution < 1.29 is 18.8 Å². The maximum absolute atomic E-state index is 12.5. The van der Waals surface area contributed by atoms with E-state index in [1.165, 1.54) is 12.3 Å². The predicted molar refractivity (Wildman–Crippen MR) is 101 cm³/mol. The van der Waals surface area contributed by atoms with Gasteiger partial charge in [-0.1, -0.05) is 44.2 Å². The van der Waals surface area contributed by atoms with E-state index in [2.05, 4.69) is 16.0 Å². The standard InChI is InChI=1S/C20H25N3O4/c1-13(2)17(23-19(25)16-10-7-11-27-16)20(26)22-14(3)18(24)21-12-15-8-5-4-6-9-15/h4-11,13-14,17H,12H2,1-3H3,(H,21,24)(H,22,26)(H,23,25)/t14-,17+/m0/s1. The number of hydrogen-bond acceptors (Lipinski definition) is 4. The van der Waals surface area contributed by atoms with Gasteiger partial charge in [0.2, 0.25) is 11.8 Å². The maximum Gasteiger partial charge on any atom is 0.287 e. The highest BCUT2D eigenvalue weighted by molar-refractivity contribution is 5.96. The number of hydrogen-bond donors (Lipinski definition) is 3. The third-order valence-electron chi connectivity index (χ3n) is 4.04. The van der Waals surface area contributed by atoms with Gasteiger partial charge in [-0.3, -0.25) is 14.4 Å². The van der Waals surface area contributed by atoms with Crippen LogP contribution in [0.2, 0.25) is 0 Å². The molecule has 3 N–H and O–H groups in total. The van der Waals surface area contributed by atoms with Gasteiger partial charge >= 0.3 is 0 Å². The van der Waals surface area contributed by atoms with Crippen LogP contribution in [0.3, 0.4) is 0 Å². The lowest BCUT2D eigenvalue weighted by Crippen LogP contribution is -2.54. The molecule has 0 aliphatic carbocycles. The molecule has 7 nitrogen and oxygen atoms in total. The molecule has 0 aliphatic heterocycles. The van der Waals surface area contributed by atoms with Crippen molar-refractivity contribution in [3.8, 4) is 0 Å². The molecule has 0 bridgehead atoms. The summed E-state index contributed by atoms with van der Waals surface area (Å²) in [5.41, 5.74) is 0.968. The lowest BCUT2D eigenvalue weighted by molar-refractivity contribution is -0.130. The monoisotopic (exact) mass is 371 g/mol. The van der Waals surface area contributed by atoms with E-state index in [1.54, 1.807) is 13.0 Å². The molecule has 0 spiro atoms. The molecule has 0 unspecified atom stereocenters. The molecule has 1 aromatic carbocycles. The normalized spacial score (nSPS) is 12.9. The number of carbonyl (C=O) groups excluding carboxylic acids is 3. The number of benzene rings is 1. The first-order chi connectivity index (χ1) is 12.9. The minimum Gasteiger partial charge on any atom is -0.459 e. The number of nitrogens with one attached hydrogen (secondary N) is 3. The van der Waals surface area contributed by atoms with Crippen LogP contribution in [0, 0.1) is 5.92 Å². The Hall–Kier alpha value is -3.09. The summed E-state index contributed by atoms with van der Waals surface area (Å²) in [4.78, 5) is 36.9. The van der Waals surface area contributed by atoms with Crippen molar-refractivity contribution in [2.45, 2.75) is 39.4 Å². The first-order valence-corrected chi connectivity index (χ1v) is 8.85. The molecular formula is C20H25N3O4. The van der Waals surface area contributed by atoms with Crippen LogP contribution in [0.15, 0.2) is 53.1 Å². The largest absolute Gasteiger partial charge is 0.459 e. The molecule has 0 saturated heterocycles. The van der Waals surface area contributed by atoms with Crippen molar-refractivity contribution in [1.29, 1.82) is 0 Å². The molecule has 144 valence electrons. The predicted octanol–water partition coefficient (Wildman–Crippen LogP) is 1.86. The zero-order valence-corrected chi connectivity index (χ0v) is 15.7. The van der Waals surface area contributed by atoms with Gasteiger partial charge in [0.15, 0.2) is 5.76 Å². The summed E-state index contributed by atoms with van der Waals surface area (Å²) in [5, 5.41) is 8.08. The number of amides is 3. The molecule has 1 aromatic heterocycles. The third-order valence-corrected chi connectivity index (χ3v) is 4.04. The fourth-order valence-electron chi connectivity index (χ4n) is 2.46. The van der Waals surface area contributed by atoms with Crippen LogP contribution in [0.5, 0.6) is 0 Å². The van der Waals surface area contributed by atoms with Crippen LogP contribution < -0.4 is 16.0 Å². The summed E-state index contributed by atoms with van der Waals surface area (Å²) < 4.78 is 5.04. The summed E-state index contributed by atoms with van der Waals surface area (Å²) in [5.74, 6) is -1.24. The quantitative estimate of drug-likeness (QED) is 0.659. The average molecular weight is 371 g/mol. The van der Waals surface area contributed by atoms with E-state index < -0.39 is 23.9 Å². The number of carbonyl (C=O) groups is 3. The van der Waals surface area contributed by atoms with Crippen LogP contribution in [-0.2, 0) is 16.1 Å². The van der Waals surface area contributed by atoms with Gasteiger partial charge < -0.3 is 20.4 Å². The van der Waals surface area contributed by atoms with E-state index in [0.29, 0.717) is 6.54 Å². The van der Waals surface area contributed by atoms with Crippen molar-refractivity contribution in [2.24, 2.45) is 5.92 Å². The van der Waals surface area contributed by atoms with Crippen molar-refractivity contribution in [3.05, 3.63) is 60.1 Å². The Bertz CT molecular complexity index is 757. The van der Waals surface area contributed by atoms with Gasteiger partial charge in [-0.05, 0) is 30.5 Å². The van der Waals surface area contributed by atoms with Gasteiger partial charge in [0.25, 0.3) is 5.91 Å². The summed E-state index contributed by atoms with van der Waals surface area (Å²) in [7, 11) is 0. The maximum atomic E-state index is 12.5. The number of furan rings is 1. The second-order valence-corrected chi connectivity index (χ2v) is 6.61. The lowest BCUT2D eigenvalue weighted by Gasteiger charge is -2.23. The van der Waals surface area contributed by atoms with E-state index in [1.807, 2.05) is 44.2 Å². The van der Waals surface area contributed by atoms with Gasteiger partial charge in [-0.25, -0.2) is 0 Å². The molecule has 1 heterocycles. The molecule has 2 atom stereocenters. The number of rotatable bonds is 8. The Balaban J connectivity index is 1.89. The van der Waals surface area contributed by atoms with Crippen LogP contribution in [-0.4, -0.2) is 29.8 Å². The molecular weight excluding hydrogens is 346 g/mol. The molecule has 0 fully saturated rings. The van der Waals surface area contributed by atoms with Crippen molar-refractivity contribution in [2.75, 3.05) is 0 Å².